The van der Waals surface area contributed by atoms with Crippen molar-refractivity contribution in [1.82, 2.24) is 9.97 Å². The quantitative estimate of drug-likeness (QED) is 0.670. The summed E-state index contributed by atoms with van der Waals surface area (Å²) in [6.45, 7) is 3.68. The Balaban J connectivity index is 1.91. The maximum atomic E-state index is 6.21. The average molecular weight is 304 g/mol. The summed E-state index contributed by atoms with van der Waals surface area (Å²) in [5, 5.41) is 3.46. The van der Waals surface area contributed by atoms with Crippen molar-refractivity contribution >= 4 is 38.8 Å². The molecule has 102 valence electrons. The predicted octanol–water partition coefficient (Wildman–Crippen LogP) is 4.37. The lowest BCUT2D eigenvalue weighted by molar-refractivity contribution is 0.787. The molecule has 0 spiro atoms. The van der Waals surface area contributed by atoms with Gasteiger partial charge in [0.05, 0.1) is 6.54 Å². The van der Waals surface area contributed by atoms with Gasteiger partial charge in [-0.05, 0) is 30.5 Å². The normalized spacial score (nSPS) is 10.9. The van der Waals surface area contributed by atoms with Crippen LogP contribution in [0.15, 0.2) is 41.8 Å². The average Bonchev–Trinajstić information content (AvgIpc) is 2.94. The second kappa shape index (κ2) is 5.77. The molecule has 3 rings (SSSR count). The lowest BCUT2D eigenvalue weighted by Crippen LogP contribution is -2.23. The fourth-order valence-electron chi connectivity index (χ4n) is 2.13. The van der Waals surface area contributed by atoms with Crippen LogP contribution in [0.25, 0.3) is 10.2 Å². The standard InChI is InChI=1S/C15H14ClN3S/c1-2-19(11-6-4-3-5-7-11)10-13-17-14(16)12-8-9-20-15(12)18-13/h3-9H,2,10H2,1H3. The molecule has 0 saturated heterocycles. The van der Waals surface area contributed by atoms with Crippen molar-refractivity contribution < 1.29 is 0 Å². The van der Waals surface area contributed by atoms with Gasteiger partial charge in [-0.3, -0.25) is 0 Å². The summed E-state index contributed by atoms with van der Waals surface area (Å²) >= 11 is 7.81. The van der Waals surface area contributed by atoms with Crippen LogP contribution >= 0.6 is 22.9 Å². The van der Waals surface area contributed by atoms with Gasteiger partial charge in [0.1, 0.15) is 9.98 Å². The number of nitrogens with zero attached hydrogens (tertiary/aromatic N) is 3. The molecule has 2 aromatic heterocycles. The monoisotopic (exact) mass is 303 g/mol. The van der Waals surface area contributed by atoms with Crippen molar-refractivity contribution in [3.63, 3.8) is 0 Å². The van der Waals surface area contributed by atoms with E-state index in [1.54, 1.807) is 11.3 Å². The molecule has 0 aliphatic rings. The molecule has 0 bridgehead atoms. The Morgan fingerprint density at radius 3 is 2.70 bits per heavy atom. The number of hydrogen-bond donors (Lipinski definition) is 0. The Kier molecular flexibility index (Phi) is 3.85. The molecule has 0 aliphatic carbocycles. The molecule has 3 nitrogen and oxygen atoms in total. The smallest absolute Gasteiger partial charge is 0.151 e. The first-order valence-corrected chi connectivity index (χ1v) is 7.73. The van der Waals surface area contributed by atoms with Gasteiger partial charge in [-0.25, -0.2) is 9.97 Å². The van der Waals surface area contributed by atoms with Gasteiger partial charge in [-0.15, -0.1) is 11.3 Å². The van der Waals surface area contributed by atoms with E-state index < -0.39 is 0 Å². The molecule has 5 heteroatoms. The number of rotatable bonds is 4. The molecule has 0 atom stereocenters. The van der Waals surface area contributed by atoms with Crippen molar-refractivity contribution in [3.8, 4) is 0 Å². The first-order valence-electron chi connectivity index (χ1n) is 6.47. The van der Waals surface area contributed by atoms with Crippen LogP contribution in [0, 0.1) is 0 Å². The summed E-state index contributed by atoms with van der Waals surface area (Å²) in [7, 11) is 0. The Bertz CT molecular complexity index is 711. The molecule has 0 saturated carbocycles. The Morgan fingerprint density at radius 1 is 1.15 bits per heavy atom. The number of thiophene rings is 1. The van der Waals surface area contributed by atoms with E-state index in [9.17, 15) is 0 Å². The first kappa shape index (κ1) is 13.3. The SMILES string of the molecule is CCN(Cc1nc(Cl)c2ccsc2n1)c1ccccc1. The zero-order valence-electron chi connectivity index (χ0n) is 11.1. The van der Waals surface area contributed by atoms with Crippen LogP contribution in [0.2, 0.25) is 5.15 Å². The number of hydrogen-bond acceptors (Lipinski definition) is 4. The third-order valence-corrected chi connectivity index (χ3v) is 4.25. The Hall–Kier alpha value is -1.65. The van der Waals surface area contributed by atoms with Gasteiger partial charge >= 0.3 is 0 Å². The summed E-state index contributed by atoms with van der Waals surface area (Å²) in [6, 6.07) is 12.2. The second-order valence-corrected chi connectivity index (χ2v) is 5.67. The fourth-order valence-corrected chi connectivity index (χ4v) is 3.22. The molecule has 0 aliphatic heterocycles. The molecule has 0 unspecified atom stereocenters. The van der Waals surface area contributed by atoms with Gasteiger partial charge in [0.25, 0.3) is 0 Å². The number of anilines is 1. The van der Waals surface area contributed by atoms with E-state index in [4.69, 9.17) is 11.6 Å². The van der Waals surface area contributed by atoms with E-state index >= 15 is 0 Å². The zero-order chi connectivity index (χ0) is 13.9. The van der Waals surface area contributed by atoms with Crippen LogP contribution in [0.5, 0.6) is 0 Å². The molecule has 2 heterocycles. The zero-order valence-corrected chi connectivity index (χ0v) is 12.7. The van der Waals surface area contributed by atoms with Crippen molar-refractivity contribution in [1.29, 1.82) is 0 Å². The molecule has 1 aromatic carbocycles. The van der Waals surface area contributed by atoms with E-state index in [0.29, 0.717) is 11.7 Å². The summed E-state index contributed by atoms with van der Waals surface area (Å²) in [4.78, 5) is 12.2. The number of para-hydroxylation sites is 1. The van der Waals surface area contributed by atoms with Crippen molar-refractivity contribution in [2.45, 2.75) is 13.5 Å². The van der Waals surface area contributed by atoms with E-state index in [0.717, 1.165) is 22.6 Å². The largest absolute Gasteiger partial charge is 0.364 e. The van der Waals surface area contributed by atoms with Gasteiger partial charge in [0, 0.05) is 17.6 Å². The molecule has 20 heavy (non-hydrogen) atoms. The van der Waals surface area contributed by atoms with Gasteiger partial charge < -0.3 is 4.90 Å². The van der Waals surface area contributed by atoms with Gasteiger partial charge in [-0.2, -0.15) is 0 Å². The minimum absolute atomic E-state index is 0.537. The third kappa shape index (κ3) is 2.62. The maximum Gasteiger partial charge on any atom is 0.151 e. The molecule has 0 N–H and O–H groups in total. The van der Waals surface area contributed by atoms with Gasteiger partial charge in [0.2, 0.25) is 0 Å². The number of aromatic nitrogens is 2. The lowest BCUT2D eigenvalue weighted by atomic mass is 10.3. The number of benzene rings is 1. The van der Waals surface area contributed by atoms with E-state index in [-0.39, 0.29) is 0 Å². The molecule has 0 fully saturated rings. The summed E-state index contributed by atoms with van der Waals surface area (Å²) in [6.07, 6.45) is 0. The molecular weight excluding hydrogens is 290 g/mol. The minimum Gasteiger partial charge on any atom is -0.364 e. The molecule has 3 aromatic rings. The third-order valence-electron chi connectivity index (χ3n) is 3.16. The summed E-state index contributed by atoms with van der Waals surface area (Å²) in [5.74, 6) is 0.760. The molecule has 0 amide bonds. The molecular formula is C15H14ClN3S. The van der Waals surface area contributed by atoms with Gasteiger partial charge in [0.15, 0.2) is 5.82 Å². The number of halogens is 1. The van der Waals surface area contributed by atoms with E-state index in [2.05, 4.69) is 33.9 Å². The van der Waals surface area contributed by atoms with Crippen LogP contribution in [-0.2, 0) is 6.54 Å². The second-order valence-electron chi connectivity index (χ2n) is 4.42. The Labute approximate surface area is 126 Å². The van der Waals surface area contributed by atoms with Crippen LogP contribution in [0.3, 0.4) is 0 Å². The molecule has 0 radical (unpaired) electrons. The van der Waals surface area contributed by atoms with Crippen molar-refractivity contribution in [2.24, 2.45) is 0 Å². The highest BCUT2D eigenvalue weighted by atomic mass is 35.5. The maximum absolute atomic E-state index is 6.21. The van der Waals surface area contributed by atoms with Gasteiger partial charge in [-0.1, -0.05) is 29.8 Å². The van der Waals surface area contributed by atoms with E-state index in [1.165, 1.54) is 5.69 Å². The van der Waals surface area contributed by atoms with Crippen molar-refractivity contribution in [2.75, 3.05) is 11.4 Å². The van der Waals surface area contributed by atoms with Crippen LogP contribution < -0.4 is 4.90 Å². The lowest BCUT2D eigenvalue weighted by Gasteiger charge is -2.22. The highest BCUT2D eigenvalue weighted by Gasteiger charge is 2.11. The highest BCUT2D eigenvalue weighted by Crippen LogP contribution is 2.25. The number of fused-ring (bicyclic) bond motifs is 1. The van der Waals surface area contributed by atoms with Crippen molar-refractivity contribution in [3.05, 3.63) is 52.8 Å². The van der Waals surface area contributed by atoms with Crippen LogP contribution in [0.1, 0.15) is 12.7 Å². The summed E-state index contributed by atoms with van der Waals surface area (Å²) in [5.41, 5.74) is 1.17. The van der Waals surface area contributed by atoms with Crippen LogP contribution in [-0.4, -0.2) is 16.5 Å². The Morgan fingerprint density at radius 2 is 1.95 bits per heavy atom. The van der Waals surface area contributed by atoms with Crippen LogP contribution in [0.4, 0.5) is 5.69 Å². The fraction of sp³-hybridized carbons (Fsp3) is 0.200. The first-order chi connectivity index (χ1) is 9.78. The van der Waals surface area contributed by atoms with E-state index in [1.807, 2.05) is 29.6 Å². The predicted molar refractivity (Wildman–Crippen MR) is 85.6 cm³/mol. The highest BCUT2D eigenvalue weighted by molar-refractivity contribution is 7.16. The summed E-state index contributed by atoms with van der Waals surface area (Å²) < 4.78 is 0. The minimum atomic E-state index is 0.537. The topological polar surface area (TPSA) is 29.0 Å².